The molecular weight excluding hydrogens is 325 g/mol. The van der Waals surface area contributed by atoms with Crippen molar-refractivity contribution < 1.29 is 0 Å². The number of anilines is 1. The highest BCUT2D eigenvalue weighted by Gasteiger charge is 2.17. The van der Waals surface area contributed by atoms with Crippen molar-refractivity contribution in [3.63, 3.8) is 0 Å². The van der Waals surface area contributed by atoms with E-state index in [9.17, 15) is 0 Å². The Kier molecular flexibility index (Phi) is 4.29. The number of hydrogen-bond acceptors (Lipinski definition) is 4. The maximum absolute atomic E-state index is 6.34. The summed E-state index contributed by atoms with van der Waals surface area (Å²) in [7, 11) is 0. The number of aromatic nitrogens is 2. The van der Waals surface area contributed by atoms with E-state index in [0.717, 1.165) is 29.4 Å². The molecule has 2 aromatic carbocycles. The lowest BCUT2D eigenvalue weighted by Crippen LogP contribution is -2.10. The minimum Gasteiger partial charge on any atom is -0.375 e. The SMILES string of the molecule is CCC(Nc1c(Cl)cc(Cl)c2nsnc12)c1ccccc1. The van der Waals surface area contributed by atoms with Gasteiger partial charge in [-0.15, -0.1) is 0 Å². The molecule has 0 saturated heterocycles. The fourth-order valence-electron chi connectivity index (χ4n) is 2.29. The van der Waals surface area contributed by atoms with Crippen LogP contribution in [-0.2, 0) is 0 Å². The Bertz CT molecular complexity index is 758. The molecular formula is C15H13Cl2N3S. The van der Waals surface area contributed by atoms with E-state index in [1.54, 1.807) is 6.07 Å². The second-order valence-corrected chi connectivity index (χ2v) is 6.04. The highest BCUT2D eigenvalue weighted by molar-refractivity contribution is 7.00. The lowest BCUT2D eigenvalue weighted by atomic mass is 10.0. The first kappa shape index (κ1) is 14.6. The topological polar surface area (TPSA) is 37.8 Å². The minimum atomic E-state index is 0.162. The molecule has 0 aliphatic heterocycles. The number of halogens is 2. The van der Waals surface area contributed by atoms with Crippen LogP contribution in [0.15, 0.2) is 36.4 Å². The molecule has 0 spiro atoms. The highest BCUT2D eigenvalue weighted by atomic mass is 35.5. The van der Waals surface area contributed by atoms with Crippen LogP contribution in [0.3, 0.4) is 0 Å². The van der Waals surface area contributed by atoms with Crippen LogP contribution in [0.2, 0.25) is 10.0 Å². The molecule has 3 rings (SSSR count). The summed E-state index contributed by atoms with van der Waals surface area (Å²) in [6.07, 6.45) is 0.933. The van der Waals surface area contributed by atoms with Crippen LogP contribution in [-0.4, -0.2) is 8.75 Å². The van der Waals surface area contributed by atoms with Crippen LogP contribution in [0.25, 0.3) is 11.0 Å². The Morgan fingerprint density at radius 3 is 2.52 bits per heavy atom. The molecule has 3 aromatic rings. The van der Waals surface area contributed by atoms with Crippen LogP contribution in [0.1, 0.15) is 24.9 Å². The quantitative estimate of drug-likeness (QED) is 0.677. The maximum atomic E-state index is 6.34. The van der Waals surface area contributed by atoms with Crippen molar-refractivity contribution >= 4 is 51.7 Å². The van der Waals surface area contributed by atoms with Crippen LogP contribution >= 0.6 is 34.9 Å². The second-order valence-electron chi connectivity index (χ2n) is 4.69. The highest BCUT2D eigenvalue weighted by Crippen LogP contribution is 2.37. The fraction of sp³-hybridized carbons (Fsp3) is 0.200. The Labute approximate surface area is 137 Å². The zero-order valence-corrected chi connectivity index (χ0v) is 13.6. The van der Waals surface area contributed by atoms with Crippen LogP contribution in [0, 0.1) is 0 Å². The summed E-state index contributed by atoms with van der Waals surface area (Å²) in [5.41, 5.74) is 3.42. The molecule has 0 fully saturated rings. The standard InChI is InChI=1S/C15H13Cl2N3S/c1-2-12(9-6-4-3-5-7-9)18-13-10(16)8-11(17)14-15(13)20-21-19-14/h3-8,12,18H,2H2,1H3. The third-order valence-corrected chi connectivity index (χ3v) is 4.49. The summed E-state index contributed by atoms with van der Waals surface area (Å²) >= 11 is 13.6. The molecule has 0 aliphatic carbocycles. The number of nitrogens with zero attached hydrogens (tertiary/aromatic N) is 2. The first-order valence-corrected chi connectivity index (χ1v) is 8.11. The minimum absolute atomic E-state index is 0.162. The number of fused-ring (bicyclic) bond motifs is 1. The first-order chi connectivity index (χ1) is 10.2. The largest absolute Gasteiger partial charge is 0.375 e. The van der Waals surface area contributed by atoms with Gasteiger partial charge in [0.1, 0.15) is 11.0 Å². The van der Waals surface area contributed by atoms with Gasteiger partial charge in [-0.05, 0) is 18.1 Å². The number of benzene rings is 2. The normalized spacial score (nSPS) is 12.5. The zero-order valence-electron chi connectivity index (χ0n) is 11.3. The van der Waals surface area contributed by atoms with Gasteiger partial charge in [0, 0.05) is 0 Å². The number of rotatable bonds is 4. The molecule has 108 valence electrons. The lowest BCUT2D eigenvalue weighted by Gasteiger charge is -2.20. The second kappa shape index (κ2) is 6.18. The van der Waals surface area contributed by atoms with E-state index in [1.807, 2.05) is 18.2 Å². The summed E-state index contributed by atoms with van der Waals surface area (Å²) in [4.78, 5) is 0. The lowest BCUT2D eigenvalue weighted by molar-refractivity contribution is 0.750. The van der Waals surface area contributed by atoms with E-state index in [0.29, 0.717) is 15.6 Å². The van der Waals surface area contributed by atoms with Crippen LogP contribution < -0.4 is 5.32 Å². The van der Waals surface area contributed by atoms with Crippen molar-refractivity contribution in [1.29, 1.82) is 0 Å². The van der Waals surface area contributed by atoms with E-state index in [1.165, 1.54) is 5.56 Å². The molecule has 0 aliphatic rings. The molecule has 1 heterocycles. The van der Waals surface area contributed by atoms with E-state index in [4.69, 9.17) is 23.2 Å². The molecule has 1 atom stereocenters. The third kappa shape index (κ3) is 2.84. The summed E-state index contributed by atoms with van der Waals surface area (Å²) in [5.74, 6) is 0. The van der Waals surface area contributed by atoms with Gasteiger partial charge in [-0.2, -0.15) is 8.75 Å². The number of nitrogens with one attached hydrogen (secondary N) is 1. The van der Waals surface area contributed by atoms with Gasteiger partial charge in [-0.3, -0.25) is 0 Å². The van der Waals surface area contributed by atoms with Gasteiger partial charge in [-0.1, -0.05) is 60.5 Å². The molecule has 1 unspecified atom stereocenters. The van der Waals surface area contributed by atoms with Gasteiger partial charge in [0.25, 0.3) is 0 Å². The van der Waals surface area contributed by atoms with Gasteiger partial charge in [0.2, 0.25) is 0 Å². The maximum Gasteiger partial charge on any atom is 0.130 e. The molecule has 0 bridgehead atoms. The van der Waals surface area contributed by atoms with E-state index in [2.05, 4.69) is 33.1 Å². The molecule has 0 radical (unpaired) electrons. The molecule has 0 saturated carbocycles. The summed E-state index contributed by atoms with van der Waals surface area (Å²) in [6, 6.07) is 12.1. The van der Waals surface area contributed by atoms with E-state index < -0.39 is 0 Å². The molecule has 1 aromatic heterocycles. The smallest absolute Gasteiger partial charge is 0.130 e. The van der Waals surface area contributed by atoms with Crippen LogP contribution in [0.4, 0.5) is 5.69 Å². The van der Waals surface area contributed by atoms with E-state index >= 15 is 0 Å². The Morgan fingerprint density at radius 2 is 1.81 bits per heavy atom. The zero-order chi connectivity index (χ0) is 14.8. The number of hydrogen-bond donors (Lipinski definition) is 1. The average Bonchev–Trinajstić information content (AvgIpc) is 2.98. The van der Waals surface area contributed by atoms with Gasteiger partial charge in [0.15, 0.2) is 0 Å². The molecule has 6 heteroatoms. The Morgan fingerprint density at radius 1 is 1.10 bits per heavy atom. The van der Waals surface area contributed by atoms with Crippen molar-refractivity contribution in [2.24, 2.45) is 0 Å². The predicted octanol–water partition coefficient (Wildman–Crippen LogP) is 5.56. The van der Waals surface area contributed by atoms with E-state index in [-0.39, 0.29) is 6.04 Å². The van der Waals surface area contributed by atoms with Crippen molar-refractivity contribution in [2.45, 2.75) is 19.4 Å². The van der Waals surface area contributed by atoms with Crippen molar-refractivity contribution in [1.82, 2.24) is 8.75 Å². The van der Waals surface area contributed by atoms with Crippen molar-refractivity contribution in [3.8, 4) is 0 Å². The summed E-state index contributed by atoms with van der Waals surface area (Å²) in [6.45, 7) is 2.13. The van der Waals surface area contributed by atoms with Gasteiger partial charge < -0.3 is 5.32 Å². The summed E-state index contributed by atoms with van der Waals surface area (Å²) in [5, 5.41) is 4.58. The fourth-order valence-corrected chi connectivity index (χ4v) is 3.46. The van der Waals surface area contributed by atoms with Gasteiger partial charge >= 0.3 is 0 Å². The predicted molar refractivity (Wildman–Crippen MR) is 90.5 cm³/mol. The van der Waals surface area contributed by atoms with Crippen molar-refractivity contribution in [2.75, 3.05) is 5.32 Å². The monoisotopic (exact) mass is 337 g/mol. The van der Waals surface area contributed by atoms with Crippen LogP contribution in [0.5, 0.6) is 0 Å². The van der Waals surface area contributed by atoms with Gasteiger partial charge in [0.05, 0.1) is 33.5 Å². The molecule has 1 N–H and O–H groups in total. The Hall–Kier alpha value is -1.36. The summed E-state index contributed by atoms with van der Waals surface area (Å²) < 4.78 is 8.55. The molecule has 3 nitrogen and oxygen atoms in total. The average molecular weight is 338 g/mol. The third-order valence-electron chi connectivity index (χ3n) is 3.37. The van der Waals surface area contributed by atoms with Gasteiger partial charge in [-0.25, -0.2) is 0 Å². The van der Waals surface area contributed by atoms with Crippen molar-refractivity contribution in [3.05, 3.63) is 52.0 Å². The Balaban J connectivity index is 2.03. The molecule has 0 amide bonds. The first-order valence-electron chi connectivity index (χ1n) is 6.62. The molecule has 21 heavy (non-hydrogen) atoms.